The molecule has 0 saturated carbocycles. The Morgan fingerprint density at radius 3 is 2.13 bits per heavy atom. The number of rotatable bonds is 4. The molecule has 2 aromatic rings. The van der Waals surface area contributed by atoms with Gasteiger partial charge in [-0.1, -0.05) is 18.2 Å². The van der Waals surface area contributed by atoms with Crippen LogP contribution in [0.1, 0.15) is 32.7 Å². The summed E-state index contributed by atoms with van der Waals surface area (Å²) in [6.07, 6.45) is 0.644. The fourth-order valence-corrected chi connectivity index (χ4v) is 5.91. The smallest absolute Gasteiger partial charge is 0.254 e. The van der Waals surface area contributed by atoms with Crippen molar-refractivity contribution in [3.63, 3.8) is 0 Å². The van der Waals surface area contributed by atoms with Crippen molar-refractivity contribution in [3.8, 4) is 0 Å². The van der Waals surface area contributed by atoms with E-state index in [-0.39, 0.29) is 29.2 Å². The molecule has 2 aliphatic heterocycles. The highest BCUT2D eigenvalue weighted by atomic mass is 32.2. The first-order valence-electron chi connectivity index (χ1n) is 9.97. The maximum atomic E-state index is 13.2. The minimum atomic E-state index is -2.95. The lowest BCUT2D eigenvalue weighted by Gasteiger charge is -2.37. The van der Waals surface area contributed by atoms with Crippen LogP contribution in [0.15, 0.2) is 48.5 Å². The van der Waals surface area contributed by atoms with Crippen LogP contribution >= 0.6 is 0 Å². The topological polar surface area (TPSA) is 74.8 Å². The molecule has 1 unspecified atom stereocenters. The fourth-order valence-electron chi connectivity index (χ4n) is 4.15. The number of amides is 1. The van der Waals surface area contributed by atoms with E-state index < -0.39 is 15.7 Å². The molecule has 0 bridgehead atoms. The summed E-state index contributed by atoms with van der Waals surface area (Å²) in [5.74, 6) is -0.552. The van der Waals surface area contributed by atoms with Crippen LogP contribution in [-0.4, -0.2) is 73.6 Å². The normalized spacial score (nSPS) is 21.5. The molecule has 2 heterocycles. The summed E-state index contributed by atoms with van der Waals surface area (Å²) in [4.78, 5) is 29.9. The Morgan fingerprint density at radius 1 is 0.900 bits per heavy atom. The number of benzene rings is 2. The Labute approximate surface area is 175 Å². The van der Waals surface area contributed by atoms with Crippen molar-refractivity contribution >= 4 is 21.5 Å². The lowest BCUT2D eigenvalue weighted by atomic mass is 9.97. The Kier molecular flexibility index (Phi) is 5.71. The van der Waals surface area contributed by atoms with Crippen molar-refractivity contribution in [2.75, 3.05) is 37.7 Å². The number of carbonyl (C=O) groups is 2. The second kappa shape index (κ2) is 8.28. The summed E-state index contributed by atoms with van der Waals surface area (Å²) in [5.41, 5.74) is 0.936. The van der Waals surface area contributed by atoms with Gasteiger partial charge in [0.1, 0.15) is 5.82 Å². The molecule has 6 nitrogen and oxygen atoms in total. The maximum absolute atomic E-state index is 13.2. The molecule has 0 aliphatic carbocycles. The third-order valence-corrected chi connectivity index (χ3v) is 7.59. The van der Waals surface area contributed by atoms with E-state index in [1.807, 2.05) is 0 Å². The van der Waals surface area contributed by atoms with Gasteiger partial charge < -0.3 is 4.90 Å². The van der Waals surface area contributed by atoms with Crippen LogP contribution in [0.5, 0.6) is 0 Å². The second-order valence-electron chi connectivity index (χ2n) is 7.77. The number of carbonyl (C=O) groups excluding carboxylic acids is 2. The molecule has 0 spiro atoms. The molecule has 2 saturated heterocycles. The van der Waals surface area contributed by atoms with Crippen molar-refractivity contribution in [1.82, 2.24) is 9.80 Å². The van der Waals surface area contributed by atoms with Crippen molar-refractivity contribution in [2.24, 2.45) is 0 Å². The van der Waals surface area contributed by atoms with E-state index in [0.29, 0.717) is 49.3 Å². The van der Waals surface area contributed by atoms with Gasteiger partial charge in [0, 0.05) is 43.3 Å². The number of piperazine rings is 1. The Hall–Kier alpha value is -2.58. The first kappa shape index (κ1) is 20.7. The number of hydrogen-bond acceptors (Lipinski definition) is 5. The average molecular weight is 431 g/mol. The van der Waals surface area contributed by atoms with Gasteiger partial charge in [-0.25, -0.2) is 12.8 Å². The van der Waals surface area contributed by atoms with E-state index in [1.165, 1.54) is 24.3 Å². The van der Waals surface area contributed by atoms with Gasteiger partial charge in [-0.3, -0.25) is 14.5 Å². The van der Waals surface area contributed by atoms with Gasteiger partial charge in [0.05, 0.1) is 17.1 Å². The zero-order chi connectivity index (χ0) is 21.3. The van der Waals surface area contributed by atoms with Gasteiger partial charge in [-0.05, 0) is 36.8 Å². The van der Waals surface area contributed by atoms with Crippen LogP contribution in [-0.2, 0) is 9.84 Å². The number of halogens is 1. The molecule has 1 atom stereocenters. The van der Waals surface area contributed by atoms with E-state index in [0.717, 1.165) is 0 Å². The van der Waals surface area contributed by atoms with E-state index in [1.54, 1.807) is 29.2 Å². The monoisotopic (exact) mass is 430 g/mol. The van der Waals surface area contributed by atoms with Gasteiger partial charge in [0.2, 0.25) is 0 Å². The van der Waals surface area contributed by atoms with Crippen LogP contribution in [0.4, 0.5) is 4.39 Å². The molecule has 30 heavy (non-hydrogen) atoms. The molecule has 2 fully saturated rings. The molecule has 4 rings (SSSR count). The van der Waals surface area contributed by atoms with E-state index in [4.69, 9.17) is 0 Å². The van der Waals surface area contributed by atoms with Crippen LogP contribution in [0, 0.1) is 5.82 Å². The molecule has 2 aromatic carbocycles. The number of ketones is 1. The predicted octanol–water partition coefficient (Wildman–Crippen LogP) is 2.00. The molecular formula is C22H23FN2O4S. The summed E-state index contributed by atoms with van der Waals surface area (Å²) in [6.45, 7) is 2.18. The number of sulfone groups is 1. The van der Waals surface area contributed by atoms with Crippen LogP contribution in [0.25, 0.3) is 0 Å². The molecule has 0 N–H and O–H groups in total. The number of hydrogen-bond donors (Lipinski definition) is 0. The third-order valence-electron chi connectivity index (χ3n) is 5.83. The minimum absolute atomic E-state index is 0.0274. The van der Waals surface area contributed by atoms with Gasteiger partial charge in [-0.15, -0.1) is 0 Å². The first-order valence-corrected chi connectivity index (χ1v) is 11.8. The van der Waals surface area contributed by atoms with Crippen molar-refractivity contribution in [3.05, 3.63) is 71.0 Å². The summed E-state index contributed by atoms with van der Waals surface area (Å²) in [7, 11) is -2.95. The summed E-state index contributed by atoms with van der Waals surface area (Å²) in [6, 6.07) is 12.0. The average Bonchev–Trinajstić information content (AvgIpc) is 3.13. The SMILES string of the molecule is O=C(c1ccc(F)cc1)c1ccccc1C(=O)N1CCN(C2CCS(=O)(=O)C2)CC1. The Morgan fingerprint density at radius 2 is 1.53 bits per heavy atom. The quantitative estimate of drug-likeness (QED) is 0.694. The zero-order valence-corrected chi connectivity index (χ0v) is 17.3. The number of nitrogens with zero attached hydrogens (tertiary/aromatic N) is 2. The Bertz CT molecular complexity index is 1060. The fraction of sp³-hybridized carbons (Fsp3) is 0.364. The highest BCUT2D eigenvalue weighted by Gasteiger charge is 2.34. The lowest BCUT2D eigenvalue weighted by molar-refractivity contribution is 0.0585. The molecule has 2 aliphatic rings. The van der Waals surface area contributed by atoms with Crippen molar-refractivity contribution < 1.29 is 22.4 Å². The van der Waals surface area contributed by atoms with Crippen LogP contribution in [0.2, 0.25) is 0 Å². The standard InChI is InChI=1S/C22H23FN2O4S/c23-17-7-5-16(6-8-17)21(26)19-3-1-2-4-20(19)22(27)25-12-10-24(11-13-25)18-9-14-30(28,29)15-18/h1-8,18H,9-15H2. The van der Waals surface area contributed by atoms with Crippen molar-refractivity contribution in [1.29, 1.82) is 0 Å². The molecule has 158 valence electrons. The Balaban J connectivity index is 1.47. The largest absolute Gasteiger partial charge is 0.336 e. The van der Waals surface area contributed by atoms with Gasteiger partial charge >= 0.3 is 0 Å². The van der Waals surface area contributed by atoms with E-state index >= 15 is 0 Å². The molecule has 0 radical (unpaired) electrons. The first-order chi connectivity index (χ1) is 14.3. The van der Waals surface area contributed by atoms with Gasteiger partial charge in [-0.2, -0.15) is 0 Å². The zero-order valence-electron chi connectivity index (χ0n) is 16.5. The lowest BCUT2D eigenvalue weighted by Crippen LogP contribution is -2.52. The summed E-state index contributed by atoms with van der Waals surface area (Å²) in [5, 5.41) is 0. The van der Waals surface area contributed by atoms with Gasteiger partial charge in [0.25, 0.3) is 5.91 Å². The van der Waals surface area contributed by atoms with Crippen molar-refractivity contribution in [2.45, 2.75) is 12.5 Å². The minimum Gasteiger partial charge on any atom is -0.336 e. The second-order valence-corrected chi connectivity index (χ2v) is 10.00. The van der Waals surface area contributed by atoms with Gasteiger partial charge in [0.15, 0.2) is 15.6 Å². The molecular weight excluding hydrogens is 407 g/mol. The van der Waals surface area contributed by atoms with Crippen LogP contribution in [0.3, 0.4) is 0 Å². The predicted molar refractivity (Wildman–Crippen MR) is 111 cm³/mol. The highest BCUT2D eigenvalue weighted by molar-refractivity contribution is 7.91. The third kappa shape index (κ3) is 4.29. The molecule has 1 amide bonds. The van der Waals surface area contributed by atoms with E-state index in [2.05, 4.69) is 4.90 Å². The van der Waals surface area contributed by atoms with Crippen LogP contribution < -0.4 is 0 Å². The summed E-state index contributed by atoms with van der Waals surface area (Å²) >= 11 is 0. The maximum Gasteiger partial charge on any atom is 0.254 e. The highest BCUT2D eigenvalue weighted by Crippen LogP contribution is 2.21. The molecule has 8 heteroatoms. The van der Waals surface area contributed by atoms with E-state index in [9.17, 15) is 22.4 Å². The summed E-state index contributed by atoms with van der Waals surface area (Å²) < 4.78 is 36.6. The molecule has 0 aromatic heterocycles.